The van der Waals surface area contributed by atoms with E-state index in [1.54, 1.807) is 30.3 Å². The van der Waals surface area contributed by atoms with Crippen molar-refractivity contribution < 1.29 is 23.1 Å². The van der Waals surface area contributed by atoms with Crippen LogP contribution < -0.4 is 15.4 Å². The molecule has 0 aliphatic rings. The molecule has 0 saturated heterocycles. The number of hydrogen-bond acceptors (Lipinski definition) is 5. The smallest absolute Gasteiger partial charge is 0.296 e. The Balaban J connectivity index is 1.34. The van der Waals surface area contributed by atoms with E-state index in [0.717, 1.165) is 49.3 Å². The molecule has 0 fully saturated rings. The van der Waals surface area contributed by atoms with E-state index >= 15 is 0 Å². The van der Waals surface area contributed by atoms with Gasteiger partial charge < -0.3 is 24.7 Å². The fraction of sp³-hybridized carbons (Fsp3) is 0.444. The van der Waals surface area contributed by atoms with Gasteiger partial charge in [0.25, 0.3) is 5.92 Å². The van der Waals surface area contributed by atoms with Crippen molar-refractivity contribution >= 4 is 19.7 Å². The van der Waals surface area contributed by atoms with E-state index in [1.165, 1.54) is 18.2 Å². The second-order valence-electron chi connectivity index (χ2n) is 8.62. The second-order valence-corrected chi connectivity index (χ2v) is 9.82. The van der Waals surface area contributed by atoms with Crippen LogP contribution in [0.1, 0.15) is 49.8 Å². The van der Waals surface area contributed by atoms with Gasteiger partial charge in [0.15, 0.2) is 0 Å². The second kappa shape index (κ2) is 14.4. The Hall–Kier alpha value is -2.38. The quantitative estimate of drug-likeness (QED) is 0.171. The highest BCUT2D eigenvalue weighted by Gasteiger charge is 2.31. The molecule has 3 N–H and O–H groups in total. The minimum Gasteiger partial charge on any atom is -0.475 e. The minimum absolute atomic E-state index is 0.0272. The number of rotatable bonds is 16. The lowest BCUT2D eigenvalue weighted by Gasteiger charge is -2.17. The van der Waals surface area contributed by atoms with Crippen molar-refractivity contribution in [2.45, 2.75) is 44.6 Å². The van der Waals surface area contributed by atoms with E-state index in [1.807, 2.05) is 13.0 Å². The molecule has 196 valence electrons. The number of aliphatic hydroxyl groups excluding tert-OH is 1. The van der Waals surface area contributed by atoms with Gasteiger partial charge in [-0.25, -0.2) is 0 Å². The highest BCUT2D eigenvalue weighted by atomic mass is 31.1. The Bertz CT molecular complexity index is 1130. The van der Waals surface area contributed by atoms with Gasteiger partial charge in [0.1, 0.15) is 12.4 Å². The van der Waals surface area contributed by atoms with Crippen LogP contribution in [0.4, 0.5) is 8.78 Å². The monoisotopic (exact) mass is 520 g/mol. The fourth-order valence-electron chi connectivity index (χ4n) is 3.90. The summed E-state index contributed by atoms with van der Waals surface area (Å²) in [6.07, 6.45) is 3.61. The van der Waals surface area contributed by atoms with Crippen LogP contribution in [-0.2, 0) is 10.7 Å². The van der Waals surface area contributed by atoms with Gasteiger partial charge in [0.05, 0.1) is 20.4 Å². The van der Waals surface area contributed by atoms with E-state index < -0.39 is 18.6 Å². The number of nitrogens with one attached hydrogen (secondary N) is 2. The number of H-pyrrole nitrogens is 1. The zero-order valence-corrected chi connectivity index (χ0v) is 21.6. The molecule has 0 radical (unpaired) electrons. The van der Waals surface area contributed by atoms with Crippen LogP contribution in [0.15, 0.2) is 59.4 Å². The van der Waals surface area contributed by atoms with Gasteiger partial charge in [-0.3, -0.25) is 4.79 Å². The molecule has 0 amide bonds. The van der Waals surface area contributed by atoms with Crippen molar-refractivity contribution in [2.24, 2.45) is 0 Å². The maximum atomic E-state index is 14.1. The molecule has 0 bridgehead atoms. The van der Waals surface area contributed by atoms with Gasteiger partial charge in [-0.05, 0) is 43.2 Å². The Morgan fingerprint density at radius 1 is 1.06 bits per heavy atom. The Morgan fingerprint density at radius 2 is 1.83 bits per heavy atom. The maximum absolute atomic E-state index is 14.1. The summed E-state index contributed by atoms with van der Waals surface area (Å²) >= 11 is 0. The molecule has 2 unspecified atom stereocenters. The predicted molar refractivity (Wildman–Crippen MR) is 142 cm³/mol. The predicted octanol–water partition coefficient (Wildman–Crippen LogP) is 5.51. The third-order valence-electron chi connectivity index (χ3n) is 5.79. The minimum atomic E-state index is -2.98. The van der Waals surface area contributed by atoms with Crippen molar-refractivity contribution in [3.63, 3.8) is 0 Å². The molecule has 3 rings (SSSR count). The highest BCUT2D eigenvalue weighted by Crippen LogP contribution is 2.32. The molecule has 9 heteroatoms. The molecule has 36 heavy (non-hydrogen) atoms. The van der Waals surface area contributed by atoms with Crippen molar-refractivity contribution in [3.05, 3.63) is 76.1 Å². The first kappa shape index (κ1) is 28.2. The van der Waals surface area contributed by atoms with Crippen molar-refractivity contribution in [2.75, 3.05) is 32.5 Å². The van der Waals surface area contributed by atoms with E-state index in [4.69, 9.17) is 9.26 Å². The molecule has 3 aromatic rings. The Morgan fingerprint density at radius 3 is 2.61 bits per heavy atom. The van der Waals surface area contributed by atoms with Crippen LogP contribution >= 0.6 is 8.81 Å². The number of aliphatic hydroxyl groups is 1. The summed E-state index contributed by atoms with van der Waals surface area (Å²) in [5.41, 5.74) is 1.09. The molecule has 6 nitrogen and oxygen atoms in total. The summed E-state index contributed by atoms with van der Waals surface area (Å²) < 4.78 is 39.1. The number of hydrogen-bond donors (Lipinski definition) is 3. The average molecular weight is 521 g/mol. The van der Waals surface area contributed by atoms with E-state index in [0.29, 0.717) is 33.2 Å². The number of fused-ring (bicyclic) bond motifs is 1. The van der Waals surface area contributed by atoms with Gasteiger partial charge >= 0.3 is 0 Å². The molecule has 2 atom stereocenters. The fourth-order valence-corrected chi connectivity index (χ4v) is 4.37. The van der Waals surface area contributed by atoms with Crippen LogP contribution in [0.5, 0.6) is 5.75 Å². The summed E-state index contributed by atoms with van der Waals surface area (Å²) in [7, 11) is 0.296. The molecular formula is C27H35F2N2O4P. The largest absolute Gasteiger partial charge is 0.475 e. The van der Waals surface area contributed by atoms with Crippen molar-refractivity contribution in [1.82, 2.24) is 10.3 Å². The highest BCUT2D eigenvalue weighted by molar-refractivity contribution is 7.32. The molecule has 2 aromatic carbocycles. The third-order valence-corrected chi connectivity index (χ3v) is 6.44. The lowest BCUT2D eigenvalue weighted by atomic mass is 10.0. The van der Waals surface area contributed by atoms with Gasteiger partial charge in [0, 0.05) is 30.2 Å². The SMILES string of the molecule is CCPOc1ccc(C(O)CNCCCCCCOCC(F)(F)c2ccccc2)c2ccc(=O)[nH]c12. The van der Waals surface area contributed by atoms with Gasteiger partial charge in [-0.1, -0.05) is 56.2 Å². The molecule has 1 heterocycles. The summed E-state index contributed by atoms with van der Waals surface area (Å²) in [5.74, 6) is -2.37. The number of aromatic nitrogens is 1. The van der Waals surface area contributed by atoms with Crippen LogP contribution in [0.25, 0.3) is 10.9 Å². The Labute approximate surface area is 212 Å². The molecule has 0 aliphatic carbocycles. The number of benzene rings is 2. The van der Waals surface area contributed by atoms with Gasteiger partial charge in [-0.2, -0.15) is 8.78 Å². The summed E-state index contributed by atoms with van der Waals surface area (Å²) in [6, 6.07) is 14.5. The number of unbranched alkanes of at least 4 members (excludes halogenated alkanes) is 3. The molecular weight excluding hydrogens is 485 g/mol. The zero-order chi connectivity index (χ0) is 25.8. The molecule has 1 aromatic heterocycles. The zero-order valence-electron chi connectivity index (χ0n) is 20.6. The lowest BCUT2D eigenvalue weighted by molar-refractivity contribution is -0.0831. The number of ether oxygens (including phenoxy) is 1. The summed E-state index contributed by atoms with van der Waals surface area (Å²) in [5, 5.41) is 14.8. The first-order valence-electron chi connectivity index (χ1n) is 12.4. The number of halogens is 2. The maximum Gasteiger partial charge on any atom is 0.296 e. The van der Waals surface area contributed by atoms with Crippen LogP contribution in [0.2, 0.25) is 0 Å². The van der Waals surface area contributed by atoms with Crippen LogP contribution in [-0.4, -0.2) is 42.6 Å². The number of pyridine rings is 1. The number of alkyl halides is 2. The lowest BCUT2D eigenvalue weighted by Crippen LogP contribution is -2.23. The first-order valence-corrected chi connectivity index (χ1v) is 13.5. The average Bonchev–Trinajstić information content (AvgIpc) is 2.88. The molecule has 0 aliphatic heterocycles. The van der Waals surface area contributed by atoms with Crippen LogP contribution in [0, 0.1) is 0 Å². The standard InChI is InChI=1S/C27H35F2N2O4P/c1-2-36-35-24-14-12-21(22-13-15-25(33)31-26(22)24)23(32)18-30-16-8-3-4-9-17-34-19-27(28,29)20-10-6-5-7-11-20/h5-7,10-15,23,30,32,36H,2-4,8-9,16-19H2,1H3,(H,31,33). The van der Waals surface area contributed by atoms with E-state index in [2.05, 4.69) is 10.3 Å². The normalized spacial score (nSPS) is 13.0. The van der Waals surface area contributed by atoms with E-state index in [-0.39, 0.29) is 11.1 Å². The molecule has 0 spiro atoms. The van der Waals surface area contributed by atoms with Crippen LogP contribution in [0.3, 0.4) is 0 Å². The van der Waals surface area contributed by atoms with Crippen molar-refractivity contribution in [1.29, 1.82) is 0 Å². The summed E-state index contributed by atoms with van der Waals surface area (Å²) in [4.78, 5) is 14.6. The first-order chi connectivity index (χ1) is 17.4. The third kappa shape index (κ3) is 8.34. The van der Waals surface area contributed by atoms with E-state index in [9.17, 15) is 18.7 Å². The van der Waals surface area contributed by atoms with Gasteiger partial charge in [-0.15, -0.1) is 0 Å². The van der Waals surface area contributed by atoms with Crippen molar-refractivity contribution in [3.8, 4) is 5.75 Å². The topological polar surface area (TPSA) is 83.6 Å². The Kier molecular flexibility index (Phi) is 11.3. The molecule has 0 saturated carbocycles. The summed E-state index contributed by atoms with van der Waals surface area (Å²) in [6.45, 7) is 2.84. The number of aromatic amines is 1. The van der Waals surface area contributed by atoms with Gasteiger partial charge in [0.2, 0.25) is 5.56 Å².